The van der Waals surface area contributed by atoms with Gasteiger partial charge in [0.05, 0.1) is 6.61 Å². The normalized spacial score (nSPS) is 10.9. The molecular weight excluding hydrogens is 216 g/mol. The molecule has 0 unspecified atom stereocenters. The van der Waals surface area contributed by atoms with E-state index in [4.69, 9.17) is 10.5 Å². The lowest BCUT2D eigenvalue weighted by atomic mass is 10.2. The van der Waals surface area contributed by atoms with Gasteiger partial charge in [0.1, 0.15) is 5.82 Å². The van der Waals surface area contributed by atoms with E-state index in [1.807, 2.05) is 6.92 Å². The van der Waals surface area contributed by atoms with Gasteiger partial charge in [0.2, 0.25) is 5.95 Å². The van der Waals surface area contributed by atoms with E-state index in [0.29, 0.717) is 18.5 Å². The highest BCUT2D eigenvalue weighted by atomic mass is 16.5. The number of nitrogens with zero attached hydrogens (tertiary/aromatic N) is 3. The summed E-state index contributed by atoms with van der Waals surface area (Å²) < 4.78 is 5.13. The number of anilines is 2. The highest BCUT2D eigenvalue weighted by Gasteiger charge is 2.13. The molecule has 1 aromatic heterocycles. The van der Waals surface area contributed by atoms with Crippen LogP contribution >= 0.6 is 0 Å². The van der Waals surface area contributed by atoms with E-state index in [1.54, 1.807) is 13.3 Å². The number of aromatic nitrogens is 2. The third-order valence-electron chi connectivity index (χ3n) is 2.41. The highest BCUT2D eigenvalue weighted by molar-refractivity contribution is 5.47. The summed E-state index contributed by atoms with van der Waals surface area (Å²) in [5.74, 6) is 1.78. The number of aryl methyl sites for hydroxylation is 1. The maximum atomic E-state index is 5.64. The zero-order chi connectivity index (χ0) is 12.8. The molecule has 0 fully saturated rings. The van der Waals surface area contributed by atoms with Gasteiger partial charge >= 0.3 is 0 Å². The fraction of sp³-hybridized carbons (Fsp3) is 0.667. The molecule has 0 atom stereocenters. The zero-order valence-electron chi connectivity index (χ0n) is 11.1. The van der Waals surface area contributed by atoms with E-state index in [2.05, 4.69) is 28.7 Å². The second kappa shape index (κ2) is 6.39. The number of nitrogen functional groups attached to an aromatic ring is 1. The Labute approximate surface area is 103 Å². The van der Waals surface area contributed by atoms with E-state index >= 15 is 0 Å². The van der Waals surface area contributed by atoms with Crippen molar-refractivity contribution in [3.63, 3.8) is 0 Å². The fourth-order valence-corrected chi connectivity index (χ4v) is 1.69. The number of hydrogen-bond acceptors (Lipinski definition) is 5. The SMILES string of the molecule is COCCN(CC(C)C)c1nc(N)ncc1C. The van der Waals surface area contributed by atoms with Crippen molar-refractivity contribution in [3.8, 4) is 0 Å². The first-order chi connectivity index (χ1) is 8.04. The second-order valence-corrected chi connectivity index (χ2v) is 4.57. The number of methoxy groups -OCH3 is 1. The third kappa shape index (κ3) is 4.19. The van der Waals surface area contributed by atoms with Gasteiger partial charge in [-0.25, -0.2) is 4.98 Å². The van der Waals surface area contributed by atoms with Gasteiger partial charge in [-0.05, 0) is 12.8 Å². The van der Waals surface area contributed by atoms with Gasteiger partial charge in [-0.2, -0.15) is 4.98 Å². The molecule has 0 radical (unpaired) electrons. The molecule has 0 aliphatic carbocycles. The first-order valence-corrected chi connectivity index (χ1v) is 5.87. The van der Waals surface area contributed by atoms with Gasteiger partial charge in [0.15, 0.2) is 0 Å². The van der Waals surface area contributed by atoms with Crippen LogP contribution in [0.3, 0.4) is 0 Å². The molecule has 1 aromatic rings. The van der Waals surface area contributed by atoms with Gasteiger partial charge in [0, 0.05) is 32.0 Å². The van der Waals surface area contributed by atoms with Crippen molar-refractivity contribution in [1.29, 1.82) is 0 Å². The van der Waals surface area contributed by atoms with Crippen LogP contribution in [0.25, 0.3) is 0 Å². The Kier molecular flexibility index (Phi) is 5.15. The minimum Gasteiger partial charge on any atom is -0.383 e. The number of hydrogen-bond donors (Lipinski definition) is 1. The molecule has 1 rings (SSSR count). The average Bonchev–Trinajstić information content (AvgIpc) is 2.27. The largest absolute Gasteiger partial charge is 0.383 e. The van der Waals surface area contributed by atoms with E-state index < -0.39 is 0 Å². The summed E-state index contributed by atoms with van der Waals surface area (Å²) >= 11 is 0. The Morgan fingerprint density at radius 2 is 2.18 bits per heavy atom. The number of nitrogens with two attached hydrogens (primary N) is 1. The van der Waals surface area contributed by atoms with E-state index in [9.17, 15) is 0 Å². The van der Waals surface area contributed by atoms with Crippen LogP contribution in [-0.2, 0) is 4.74 Å². The third-order valence-corrected chi connectivity index (χ3v) is 2.41. The summed E-state index contributed by atoms with van der Waals surface area (Å²) in [5.41, 5.74) is 6.68. The van der Waals surface area contributed by atoms with Crippen LogP contribution in [0.5, 0.6) is 0 Å². The molecule has 0 saturated carbocycles. The molecule has 0 aromatic carbocycles. The minimum absolute atomic E-state index is 0.316. The predicted molar refractivity (Wildman–Crippen MR) is 70.1 cm³/mol. The maximum Gasteiger partial charge on any atom is 0.221 e. The summed E-state index contributed by atoms with van der Waals surface area (Å²) in [6.07, 6.45) is 1.76. The molecule has 17 heavy (non-hydrogen) atoms. The molecule has 96 valence electrons. The quantitative estimate of drug-likeness (QED) is 0.813. The van der Waals surface area contributed by atoms with Crippen molar-refractivity contribution < 1.29 is 4.74 Å². The first kappa shape index (κ1) is 13.7. The van der Waals surface area contributed by atoms with Gasteiger partial charge in [0.25, 0.3) is 0 Å². The Morgan fingerprint density at radius 1 is 1.47 bits per heavy atom. The molecule has 5 nitrogen and oxygen atoms in total. The van der Waals surface area contributed by atoms with Crippen LogP contribution in [0.2, 0.25) is 0 Å². The van der Waals surface area contributed by atoms with Crippen LogP contribution in [0.15, 0.2) is 6.20 Å². The Morgan fingerprint density at radius 3 is 2.76 bits per heavy atom. The van der Waals surface area contributed by atoms with E-state index in [-0.39, 0.29) is 0 Å². The van der Waals surface area contributed by atoms with Crippen molar-refractivity contribution in [1.82, 2.24) is 9.97 Å². The molecular formula is C12H22N4O. The summed E-state index contributed by atoms with van der Waals surface area (Å²) in [4.78, 5) is 10.5. The zero-order valence-corrected chi connectivity index (χ0v) is 11.1. The Bertz CT molecular complexity index is 354. The van der Waals surface area contributed by atoms with Crippen LogP contribution in [0.1, 0.15) is 19.4 Å². The lowest BCUT2D eigenvalue weighted by molar-refractivity contribution is 0.204. The standard InChI is InChI=1S/C12H22N4O/c1-9(2)8-16(5-6-17-4)11-10(3)7-14-12(13)15-11/h7,9H,5-6,8H2,1-4H3,(H2,13,14,15). The Hall–Kier alpha value is -1.36. The highest BCUT2D eigenvalue weighted by Crippen LogP contribution is 2.18. The topological polar surface area (TPSA) is 64.3 Å². The average molecular weight is 238 g/mol. The smallest absolute Gasteiger partial charge is 0.221 e. The van der Waals surface area contributed by atoms with Crippen molar-refractivity contribution in [3.05, 3.63) is 11.8 Å². The van der Waals surface area contributed by atoms with Crippen molar-refractivity contribution in [2.75, 3.05) is 37.4 Å². The number of ether oxygens (including phenoxy) is 1. The van der Waals surface area contributed by atoms with Crippen LogP contribution in [-0.4, -0.2) is 36.8 Å². The van der Waals surface area contributed by atoms with Gasteiger partial charge in [-0.3, -0.25) is 0 Å². The monoisotopic (exact) mass is 238 g/mol. The van der Waals surface area contributed by atoms with E-state index in [1.165, 1.54) is 0 Å². The summed E-state index contributed by atoms with van der Waals surface area (Å²) in [6, 6.07) is 0. The molecule has 0 spiro atoms. The van der Waals surface area contributed by atoms with Crippen molar-refractivity contribution in [2.45, 2.75) is 20.8 Å². The van der Waals surface area contributed by atoms with Gasteiger partial charge < -0.3 is 15.4 Å². The molecule has 0 amide bonds. The molecule has 2 N–H and O–H groups in total. The van der Waals surface area contributed by atoms with Gasteiger partial charge in [-0.1, -0.05) is 13.8 Å². The molecule has 0 bridgehead atoms. The van der Waals surface area contributed by atoms with Crippen LogP contribution < -0.4 is 10.6 Å². The molecule has 0 saturated heterocycles. The Balaban J connectivity index is 2.90. The number of rotatable bonds is 6. The van der Waals surface area contributed by atoms with Gasteiger partial charge in [-0.15, -0.1) is 0 Å². The van der Waals surface area contributed by atoms with Crippen LogP contribution in [0, 0.1) is 12.8 Å². The lowest BCUT2D eigenvalue weighted by Gasteiger charge is -2.26. The van der Waals surface area contributed by atoms with Crippen molar-refractivity contribution >= 4 is 11.8 Å². The minimum atomic E-state index is 0.316. The maximum absolute atomic E-state index is 5.64. The summed E-state index contributed by atoms with van der Waals surface area (Å²) in [5, 5.41) is 0. The van der Waals surface area contributed by atoms with Crippen LogP contribution in [0.4, 0.5) is 11.8 Å². The predicted octanol–water partition coefficient (Wildman–Crippen LogP) is 1.48. The molecule has 0 aliphatic rings. The summed E-state index contributed by atoms with van der Waals surface area (Å²) in [7, 11) is 1.70. The lowest BCUT2D eigenvalue weighted by Crippen LogP contribution is -2.32. The summed E-state index contributed by atoms with van der Waals surface area (Å²) in [6.45, 7) is 8.77. The fourth-order valence-electron chi connectivity index (χ4n) is 1.69. The molecule has 1 heterocycles. The molecule has 0 aliphatic heterocycles. The van der Waals surface area contributed by atoms with Crippen molar-refractivity contribution in [2.24, 2.45) is 5.92 Å². The molecule has 5 heteroatoms. The first-order valence-electron chi connectivity index (χ1n) is 5.87. The second-order valence-electron chi connectivity index (χ2n) is 4.57. The van der Waals surface area contributed by atoms with E-state index in [0.717, 1.165) is 24.5 Å².